The highest BCUT2D eigenvalue weighted by Gasteiger charge is 2.12. The molecule has 0 atom stereocenters. The standard InChI is InChI=1S/C18H19NO4S/c1-3-13-23-16-9-5-14(6-10-16)18(20)19-15-7-11-17(12-8-15)24(21,22)4-2/h3,5-12H,1,4,13H2,2H3,(H,19,20). The largest absolute Gasteiger partial charge is 0.490 e. The molecule has 0 spiro atoms. The highest BCUT2D eigenvalue weighted by Crippen LogP contribution is 2.17. The molecule has 0 aromatic heterocycles. The van der Waals surface area contributed by atoms with E-state index < -0.39 is 9.84 Å². The first kappa shape index (κ1) is 17.7. The summed E-state index contributed by atoms with van der Waals surface area (Å²) in [7, 11) is -3.24. The van der Waals surface area contributed by atoms with E-state index in [2.05, 4.69) is 11.9 Å². The van der Waals surface area contributed by atoms with Crippen molar-refractivity contribution < 1.29 is 17.9 Å². The predicted octanol–water partition coefficient (Wildman–Crippen LogP) is 3.30. The molecule has 24 heavy (non-hydrogen) atoms. The van der Waals surface area contributed by atoms with Crippen LogP contribution in [0.25, 0.3) is 0 Å². The van der Waals surface area contributed by atoms with Crippen LogP contribution < -0.4 is 10.1 Å². The van der Waals surface area contributed by atoms with Gasteiger partial charge >= 0.3 is 0 Å². The van der Waals surface area contributed by atoms with Crippen LogP contribution >= 0.6 is 0 Å². The summed E-state index contributed by atoms with van der Waals surface area (Å²) in [5.74, 6) is 0.413. The van der Waals surface area contributed by atoms with Crippen molar-refractivity contribution in [2.45, 2.75) is 11.8 Å². The quantitative estimate of drug-likeness (QED) is 0.782. The Morgan fingerprint density at radius 1 is 1.12 bits per heavy atom. The molecular formula is C18H19NO4S. The number of ether oxygens (including phenoxy) is 1. The third-order valence-corrected chi connectivity index (χ3v) is 5.09. The van der Waals surface area contributed by atoms with Crippen molar-refractivity contribution in [1.82, 2.24) is 0 Å². The highest BCUT2D eigenvalue weighted by atomic mass is 32.2. The van der Waals surface area contributed by atoms with Gasteiger partial charge < -0.3 is 10.1 Å². The Morgan fingerprint density at radius 3 is 2.29 bits per heavy atom. The topological polar surface area (TPSA) is 72.5 Å². The molecule has 0 unspecified atom stereocenters. The lowest BCUT2D eigenvalue weighted by Gasteiger charge is -2.08. The molecule has 126 valence electrons. The Labute approximate surface area is 141 Å². The summed E-state index contributed by atoms with van der Waals surface area (Å²) >= 11 is 0. The Bertz CT molecular complexity index is 809. The zero-order valence-corrected chi connectivity index (χ0v) is 14.2. The average Bonchev–Trinajstić information content (AvgIpc) is 2.60. The van der Waals surface area contributed by atoms with Gasteiger partial charge in [0.05, 0.1) is 10.6 Å². The molecule has 0 aliphatic rings. The second-order valence-electron chi connectivity index (χ2n) is 5.01. The van der Waals surface area contributed by atoms with Gasteiger partial charge in [0, 0.05) is 11.3 Å². The normalized spacial score (nSPS) is 10.9. The number of nitrogens with one attached hydrogen (secondary N) is 1. The summed E-state index contributed by atoms with van der Waals surface area (Å²) in [5, 5.41) is 2.73. The number of carbonyl (C=O) groups is 1. The molecule has 0 aliphatic carbocycles. The van der Waals surface area contributed by atoms with E-state index in [1.165, 1.54) is 12.1 Å². The van der Waals surface area contributed by atoms with Gasteiger partial charge in [0.15, 0.2) is 9.84 Å². The molecule has 0 saturated heterocycles. The number of amides is 1. The summed E-state index contributed by atoms with van der Waals surface area (Å²) in [5.41, 5.74) is 1.01. The molecule has 1 N–H and O–H groups in total. The van der Waals surface area contributed by atoms with Gasteiger partial charge in [0.1, 0.15) is 12.4 Å². The molecule has 0 fully saturated rings. The lowest BCUT2D eigenvalue weighted by molar-refractivity contribution is 0.102. The third-order valence-electron chi connectivity index (χ3n) is 3.34. The summed E-state index contributed by atoms with van der Waals surface area (Å²) in [6, 6.07) is 12.8. The number of anilines is 1. The Morgan fingerprint density at radius 2 is 1.75 bits per heavy atom. The summed E-state index contributed by atoms with van der Waals surface area (Å²) in [6.07, 6.45) is 1.64. The first-order valence-electron chi connectivity index (χ1n) is 7.44. The number of benzene rings is 2. The molecule has 0 saturated carbocycles. The maximum Gasteiger partial charge on any atom is 0.255 e. The van der Waals surface area contributed by atoms with Crippen LogP contribution in [-0.2, 0) is 9.84 Å². The lowest BCUT2D eigenvalue weighted by Crippen LogP contribution is -2.12. The van der Waals surface area contributed by atoms with Gasteiger partial charge in [0.25, 0.3) is 5.91 Å². The van der Waals surface area contributed by atoms with Gasteiger partial charge in [-0.2, -0.15) is 0 Å². The van der Waals surface area contributed by atoms with Crippen LogP contribution in [0.2, 0.25) is 0 Å². The molecule has 0 heterocycles. The fourth-order valence-electron chi connectivity index (χ4n) is 1.97. The van der Waals surface area contributed by atoms with Crippen LogP contribution in [0.4, 0.5) is 5.69 Å². The highest BCUT2D eigenvalue weighted by molar-refractivity contribution is 7.91. The van der Waals surface area contributed by atoms with Crippen molar-refractivity contribution in [1.29, 1.82) is 0 Å². The smallest absolute Gasteiger partial charge is 0.255 e. The maximum atomic E-state index is 12.2. The Kier molecular flexibility index (Phi) is 5.76. The SMILES string of the molecule is C=CCOc1ccc(C(=O)Nc2ccc(S(=O)(=O)CC)cc2)cc1. The van der Waals surface area contributed by atoms with E-state index >= 15 is 0 Å². The number of carbonyl (C=O) groups excluding carboxylic acids is 1. The molecule has 0 aliphatic heterocycles. The molecule has 0 radical (unpaired) electrons. The van der Waals surface area contributed by atoms with Crippen LogP contribution in [0.15, 0.2) is 66.1 Å². The van der Waals surface area contributed by atoms with Crippen molar-refractivity contribution >= 4 is 21.4 Å². The second-order valence-corrected chi connectivity index (χ2v) is 7.28. The maximum absolute atomic E-state index is 12.2. The van der Waals surface area contributed by atoms with Gasteiger partial charge in [-0.3, -0.25) is 4.79 Å². The minimum atomic E-state index is -3.24. The van der Waals surface area contributed by atoms with E-state index in [4.69, 9.17) is 4.74 Å². The van der Waals surface area contributed by atoms with Gasteiger partial charge in [-0.05, 0) is 48.5 Å². The van der Waals surface area contributed by atoms with Crippen molar-refractivity contribution in [3.63, 3.8) is 0 Å². The van der Waals surface area contributed by atoms with Crippen LogP contribution in [0, 0.1) is 0 Å². The summed E-state index contributed by atoms with van der Waals surface area (Å²) in [4.78, 5) is 12.4. The average molecular weight is 345 g/mol. The van der Waals surface area contributed by atoms with E-state index in [0.29, 0.717) is 23.6 Å². The lowest BCUT2D eigenvalue weighted by atomic mass is 10.2. The molecule has 2 aromatic rings. The number of hydrogen-bond donors (Lipinski definition) is 1. The van der Waals surface area contributed by atoms with Crippen LogP contribution in [0.5, 0.6) is 5.75 Å². The minimum Gasteiger partial charge on any atom is -0.490 e. The first-order chi connectivity index (χ1) is 11.5. The van der Waals surface area contributed by atoms with Crippen LogP contribution in [0.1, 0.15) is 17.3 Å². The number of rotatable bonds is 7. The fourth-order valence-corrected chi connectivity index (χ4v) is 2.86. The Hall–Kier alpha value is -2.60. The molecule has 0 bridgehead atoms. The molecule has 2 aromatic carbocycles. The van der Waals surface area contributed by atoms with Crippen molar-refractivity contribution in [2.75, 3.05) is 17.7 Å². The van der Waals surface area contributed by atoms with Crippen LogP contribution in [-0.4, -0.2) is 26.7 Å². The van der Waals surface area contributed by atoms with Crippen molar-refractivity contribution in [3.8, 4) is 5.75 Å². The van der Waals surface area contributed by atoms with E-state index in [1.54, 1.807) is 49.4 Å². The van der Waals surface area contributed by atoms with E-state index in [1.807, 2.05) is 0 Å². The van der Waals surface area contributed by atoms with Gasteiger partial charge in [-0.1, -0.05) is 19.6 Å². The molecule has 2 rings (SSSR count). The molecule has 6 heteroatoms. The van der Waals surface area contributed by atoms with Gasteiger partial charge in [0.2, 0.25) is 0 Å². The summed E-state index contributed by atoms with van der Waals surface area (Å²) < 4.78 is 28.9. The monoisotopic (exact) mass is 345 g/mol. The van der Waals surface area contributed by atoms with E-state index in [9.17, 15) is 13.2 Å². The first-order valence-corrected chi connectivity index (χ1v) is 9.09. The molecule has 1 amide bonds. The minimum absolute atomic E-state index is 0.0407. The van der Waals surface area contributed by atoms with E-state index in [0.717, 1.165) is 0 Å². The zero-order chi connectivity index (χ0) is 17.6. The second kappa shape index (κ2) is 7.79. The van der Waals surface area contributed by atoms with Crippen molar-refractivity contribution in [2.24, 2.45) is 0 Å². The van der Waals surface area contributed by atoms with Gasteiger partial charge in [-0.25, -0.2) is 8.42 Å². The Balaban J connectivity index is 2.05. The molecular weight excluding hydrogens is 326 g/mol. The third kappa shape index (κ3) is 4.45. The van der Waals surface area contributed by atoms with Crippen LogP contribution in [0.3, 0.4) is 0 Å². The van der Waals surface area contributed by atoms with E-state index in [-0.39, 0.29) is 16.6 Å². The number of hydrogen-bond acceptors (Lipinski definition) is 4. The number of sulfone groups is 1. The van der Waals surface area contributed by atoms with Crippen molar-refractivity contribution in [3.05, 3.63) is 66.7 Å². The molecule has 5 nitrogen and oxygen atoms in total. The van der Waals surface area contributed by atoms with Gasteiger partial charge in [-0.15, -0.1) is 0 Å². The summed E-state index contributed by atoms with van der Waals surface area (Å²) in [6.45, 7) is 5.56. The fraction of sp³-hybridized carbons (Fsp3) is 0.167. The zero-order valence-electron chi connectivity index (χ0n) is 13.4. The predicted molar refractivity (Wildman–Crippen MR) is 94.3 cm³/mol.